The van der Waals surface area contributed by atoms with Gasteiger partial charge in [0, 0.05) is 5.56 Å². The van der Waals surface area contributed by atoms with E-state index in [1.54, 1.807) is 31.4 Å². The lowest BCUT2D eigenvalue weighted by Gasteiger charge is -2.13. The summed E-state index contributed by atoms with van der Waals surface area (Å²) >= 11 is 11.9. The number of guanidine groups is 1. The summed E-state index contributed by atoms with van der Waals surface area (Å²) in [5, 5.41) is 8.32. The van der Waals surface area contributed by atoms with E-state index in [0.29, 0.717) is 27.1 Å². The van der Waals surface area contributed by atoms with E-state index in [9.17, 15) is 0 Å². The molecule has 6 nitrogen and oxygen atoms in total. The lowest BCUT2D eigenvalue weighted by Crippen LogP contribution is -2.21. The SMILES string of the molecule is COc1cccc(/C=N/N=C(N)N)c1OCc1ccc(Cl)c(Cl)c1. The van der Waals surface area contributed by atoms with Gasteiger partial charge in [0.15, 0.2) is 11.5 Å². The zero-order valence-corrected chi connectivity index (χ0v) is 14.4. The van der Waals surface area contributed by atoms with Gasteiger partial charge in [-0.25, -0.2) is 0 Å². The van der Waals surface area contributed by atoms with Crippen LogP contribution in [0.2, 0.25) is 10.0 Å². The Morgan fingerprint density at radius 1 is 1.17 bits per heavy atom. The summed E-state index contributed by atoms with van der Waals surface area (Å²) in [6.45, 7) is 0.278. The van der Waals surface area contributed by atoms with Crippen molar-refractivity contribution in [2.24, 2.45) is 21.7 Å². The van der Waals surface area contributed by atoms with Crippen molar-refractivity contribution in [1.29, 1.82) is 0 Å². The van der Waals surface area contributed by atoms with Crippen molar-refractivity contribution in [2.45, 2.75) is 6.61 Å². The molecule has 0 saturated heterocycles. The minimum Gasteiger partial charge on any atom is -0.493 e. The Bertz CT molecular complexity index is 775. The maximum absolute atomic E-state index is 6.01. The van der Waals surface area contributed by atoms with Gasteiger partial charge in [-0.3, -0.25) is 0 Å². The molecule has 2 aromatic carbocycles. The Kier molecular flexibility index (Phi) is 6.28. The highest BCUT2D eigenvalue weighted by molar-refractivity contribution is 6.42. The van der Waals surface area contributed by atoms with Crippen LogP contribution in [0.25, 0.3) is 0 Å². The van der Waals surface area contributed by atoms with E-state index in [1.807, 2.05) is 12.1 Å². The second-order valence-electron chi connectivity index (χ2n) is 4.69. The molecule has 0 bridgehead atoms. The fourth-order valence-corrected chi connectivity index (χ4v) is 2.21. The van der Waals surface area contributed by atoms with Crippen LogP contribution in [0.3, 0.4) is 0 Å². The van der Waals surface area contributed by atoms with Crippen LogP contribution in [0.4, 0.5) is 0 Å². The summed E-state index contributed by atoms with van der Waals surface area (Å²) in [4.78, 5) is 0. The topological polar surface area (TPSA) is 95.2 Å². The van der Waals surface area contributed by atoms with Gasteiger partial charge in [0.25, 0.3) is 0 Å². The largest absolute Gasteiger partial charge is 0.493 e. The number of hydrogen-bond acceptors (Lipinski definition) is 4. The van der Waals surface area contributed by atoms with Crippen molar-refractivity contribution in [1.82, 2.24) is 0 Å². The van der Waals surface area contributed by atoms with Gasteiger partial charge in [-0.05, 0) is 29.8 Å². The molecule has 4 N–H and O–H groups in total. The minimum atomic E-state index is -0.132. The Morgan fingerprint density at radius 3 is 2.62 bits per heavy atom. The molecule has 0 saturated carbocycles. The van der Waals surface area contributed by atoms with Crippen LogP contribution in [-0.2, 0) is 6.61 Å². The molecule has 24 heavy (non-hydrogen) atoms. The smallest absolute Gasteiger partial charge is 0.211 e. The van der Waals surface area contributed by atoms with Crippen LogP contribution in [0, 0.1) is 0 Å². The van der Waals surface area contributed by atoms with E-state index in [2.05, 4.69) is 10.2 Å². The number of halogens is 2. The average molecular weight is 367 g/mol. The highest BCUT2D eigenvalue weighted by atomic mass is 35.5. The van der Waals surface area contributed by atoms with Gasteiger partial charge in [-0.2, -0.15) is 5.10 Å². The first-order valence-corrected chi connectivity index (χ1v) is 7.62. The van der Waals surface area contributed by atoms with E-state index in [4.69, 9.17) is 44.1 Å². The molecule has 0 amide bonds. The van der Waals surface area contributed by atoms with Gasteiger partial charge in [0.2, 0.25) is 5.96 Å². The number of methoxy groups -OCH3 is 1. The maximum atomic E-state index is 6.01. The molecule has 8 heteroatoms. The third-order valence-corrected chi connectivity index (χ3v) is 3.71. The predicted molar refractivity (Wildman–Crippen MR) is 97.2 cm³/mol. The number of benzene rings is 2. The quantitative estimate of drug-likeness (QED) is 0.466. The molecule has 0 fully saturated rings. The Balaban J connectivity index is 2.25. The zero-order valence-electron chi connectivity index (χ0n) is 12.9. The standard InChI is InChI=1S/C16H16Cl2N4O2/c1-23-14-4-2-3-11(8-21-22-16(19)20)15(14)24-9-10-5-6-12(17)13(18)7-10/h2-8H,9H2,1H3,(H4,19,20,22)/b21-8+. The third-order valence-electron chi connectivity index (χ3n) is 2.97. The highest BCUT2D eigenvalue weighted by Crippen LogP contribution is 2.31. The van der Waals surface area contributed by atoms with Gasteiger partial charge in [-0.15, -0.1) is 5.10 Å². The normalized spacial score (nSPS) is 10.6. The van der Waals surface area contributed by atoms with Crippen LogP contribution in [0.1, 0.15) is 11.1 Å². The first-order valence-electron chi connectivity index (χ1n) is 6.87. The van der Waals surface area contributed by atoms with E-state index < -0.39 is 0 Å². The molecule has 126 valence electrons. The lowest BCUT2D eigenvalue weighted by atomic mass is 10.2. The summed E-state index contributed by atoms with van der Waals surface area (Å²) in [7, 11) is 1.55. The summed E-state index contributed by atoms with van der Waals surface area (Å²) in [5.74, 6) is 0.941. The minimum absolute atomic E-state index is 0.132. The number of ether oxygens (including phenoxy) is 2. The fourth-order valence-electron chi connectivity index (χ4n) is 1.89. The first kappa shape index (κ1) is 17.9. The third kappa shape index (κ3) is 4.78. The monoisotopic (exact) mass is 366 g/mol. The number of hydrogen-bond donors (Lipinski definition) is 2. The molecule has 0 aliphatic carbocycles. The molecule has 0 unspecified atom stereocenters. The number of para-hydroxylation sites is 1. The van der Waals surface area contributed by atoms with E-state index >= 15 is 0 Å². The molecule has 2 rings (SSSR count). The maximum Gasteiger partial charge on any atom is 0.211 e. The summed E-state index contributed by atoms with van der Waals surface area (Å²) in [5.41, 5.74) is 12.0. The van der Waals surface area contributed by atoms with E-state index in [0.717, 1.165) is 5.56 Å². The summed E-state index contributed by atoms with van der Waals surface area (Å²) in [6, 6.07) is 10.7. The molecule has 0 heterocycles. The van der Waals surface area contributed by atoms with Crippen molar-refractivity contribution in [3.63, 3.8) is 0 Å². The molecule has 2 aromatic rings. The van der Waals surface area contributed by atoms with Crippen molar-refractivity contribution < 1.29 is 9.47 Å². The number of nitrogens with two attached hydrogens (primary N) is 2. The van der Waals surface area contributed by atoms with Crippen LogP contribution >= 0.6 is 23.2 Å². The van der Waals surface area contributed by atoms with E-state index in [1.165, 1.54) is 6.21 Å². The van der Waals surface area contributed by atoms with Gasteiger partial charge < -0.3 is 20.9 Å². The van der Waals surface area contributed by atoms with Gasteiger partial charge >= 0.3 is 0 Å². The fraction of sp³-hybridized carbons (Fsp3) is 0.125. The molecule has 0 aliphatic heterocycles. The predicted octanol–water partition coefficient (Wildman–Crippen LogP) is 3.19. The van der Waals surface area contributed by atoms with Gasteiger partial charge in [0.1, 0.15) is 6.61 Å². The molecular weight excluding hydrogens is 351 g/mol. The van der Waals surface area contributed by atoms with Crippen LogP contribution < -0.4 is 20.9 Å². The molecular formula is C16H16Cl2N4O2. The van der Waals surface area contributed by atoms with Gasteiger partial charge in [-0.1, -0.05) is 35.3 Å². The van der Waals surface area contributed by atoms with Crippen LogP contribution in [0.5, 0.6) is 11.5 Å². The first-order chi connectivity index (χ1) is 11.5. The number of rotatable bonds is 6. The molecule has 0 spiro atoms. The Morgan fingerprint density at radius 2 is 1.96 bits per heavy atom. The summed E-state index contributed by atoms with van der Waals surface area (Å²) < 4.78 is 11.2. The second-order valence-corrected chi connectivity index (χ2v) is 5.50. The molecule has 0 aliphatic rings. The van der Waals surface area contributed by atoms with Gasteiger partial charge in [0.05, 0.1) is 23.4 Å². The van der Waals surface area contributed by atoms with Crippen molar-refractivity contribution in [2.75, 3.05) is 7.11 Å². The van der Waals surface area contributed by atoms with Crippen LogP contribution in [0.15, 0.2) is 46.6 Å². The van der Waals surface area contributed by atoms with Crippen molar-refractivity contribution in [3.8, 4) is 11.5 Å². The molecule has 0 aromatic heterocycles. The van der Waals surface area contributed by atoms with Crippen LogP contribution in [-0.4, -0.2) is 19.3 Å². The summed E-state index contributed by atoms with van der Waals surface area (Å²) in [6.07, 6.45) is 1.48. The molecule has 0 radical (unpaired) electrons. The zero-order chi connectivity index (χ0) is 17.5. The second kappa shape index (κ2) is 8.42. The number of nitrogens with zero attached hydrogens (tertiary/aromatic N) is 2. The molecule has 0 atom stereocenters. The van der Waals surface area contributed by atoms with Crippen molar-refractivity contribution in [3.05, 3.63) is 57.6 Å². The Labute approximate surface area is 149 Å². The highest BCUT2D eigenvalue weighted by Gasteiger charge is 2.10. The Hall–Kier alpha value is -2.44. The van der Waals surface area contributed by atoms with Crippen molar-refractivity contribution >= 4 is 35.4 Å². The average Bonchev–Trinajstić information content (AvgIpc) is 2.56. The lowest BCUT2D eigenvalue weighted by molar-refractivity contribution is 0.284. The van der Waals surface area contributed by atoms with E-state index in [-0.39, 0.29) is 12.6 Å².